The maximum absolute atomic E-state index is 5.44. The van der Waals surface area contributed by atoms with Crippen LogP contribution < -0.4 is 5.32 Å². The summed E-state index contributed by atoms with van der Waals surface area (Å²) in [7, 11) is 2.11. The summed E-state index contributed by atoms with van der Waals surface area (Å²) in [5.74, 6) is 0.909. The van der Waals surface area contributed by atoms with Crippen molar-refractivity contribution in [1.29, 1.82) is 0 Å². The molecule has 2 aromatic heterocycles. The van der Waals surface area contributed by atoms with Crippen molar-refractivity contribution in [2.45, 2.75) is 52.4 Å². The zero-order valence-corrected chi connectivity index (χ0v) is 14.3. The van der Waals surface area contributed by atoms with Gasteiger partial charge in [0.2, 0.25) is 0 Å². The van der Waals surface area contributed by atoms with E-state index in [0.29, 0.717) is 6.04 Å². The fourth-order valence-corrected chi connectivity index (χ4v) is 2.85. The molecular formula is C16H25N3OS. The number of thiophene rings is 1. The van der Waals surface area contributed by atoms with Gasteiger partial charge in [-0.05, 0) is 46.2 Å². The van der Waals surface area contributed by atoms with E-state index in [1.54, 1.807) is 11.3 Å². The summed E-state index contributed by atoms with van der Waals surface area (Å²) in [5, 5.41) is 9.66. The molecule has 0 saturated heterocycles. The molecule has 0 aliphatic heterocycles. The van der Waals surface area contributed by atoms with Crippen LogP contribution in [0.3, 0.4) is 0 Å². The molecule has 1 N–H and O–H groups in total. The van der Waals surface area contributed by atoms with Crippen molar-refractivity contribution < 1.29 is 4.52 Å². The number of aromatic nitrogens is 1. The normalized spacial score (nSPS) is 13.8. The van der Waals surface area contributed by atoms with E-state index in [1.807, 2.05) is 6.07 Å². The Kier molecular flexibility index (Phi) is 5.19. The van der Waals surface area contributed by atoms with Gasteiger partial charge in [0.1, 0.15) is 0 Å². The lowest BCUT2D eigenvalue weighted by Crippen LogP contribution is -2.35. The lowest BCUT2D eigenvalue weighted by Gasteiger charge is -2.22. The molecule has 21 heavy (non-hydrogen) atoms. The molecule has 0 aliphatic carbocycles. The third kappa shape index (κ3) is 4.95. The van der Waals surface area contributed by atoms with Gasteiger partial charge in [-0.1, -0.05) is 11.2 Å². The zero-order valence-electron chi connectivity index (χ0n) is 13.5. The third-order valence-corrected chi connectivity index (χ3v) is 4.47. The monoisotopic (exact) mass is 307 g/mol. The predicted molar refractivity (Wildman–Crippen MR) is 87.3 cm³/mol. The Morgan fingerprint density at radius 3 is 2.81 bits per heavy atom. The fourth-order valence-electron chi connectivity index (χ4n) is 2.00. The summed E-state index contributed by atoms with van der Waals surface area (Å²) in [5.41, 5.74) is 1.04. The molecule has 4 nitrogen and oxygen atoms in total. The minimum atomic E-state index is 0.0869. The number of nitrogens with one attached hydrogen (secondary N) is 1. The van der Waals surface area contributed by atoms with E-state index >= 15 is 0 Å². The summed E-state index contributed by atoms with van der Waals surface area (Å²) in [6.07, 6.45) is 0. The summed E-state index contributed by atoms with van der Waals surface area (Å²) in [6, 6.07) is 6.68. The standard InChI is InChI=1S/C16H25N3OS/c1-12(15-7-6-8-21-15)19(5)11-14-9-13(18-20-14)10-17-16(2,3)4/h6-9,12,17H,10-11H2,1-5H3. The molecule has 0 bridgehead atoms. The zero-order chi connectivity index (χ0) is 15.5. The number of nitrogens with zero attached hydrogens (tertiary/aromatic N) is 2. The molecule has 0 aromatic carbocycles. The first-order valence-corrected chi connectivity index (χ1v) is 8.16. The van der Waals surface area contributed by atoms with Crippen molar-refractivity contribution in [3.63, 3.8) is 0 Å². The molecule has 0 spiro atoms. The smallest absolute Gasteiger partial charge is 0.151 e. The highest BCUT2D eigenvalue weighted by atomic mass is 32.1. The average Bonchev–Trinajstić information content (AvgIpc) is 3.06. The molecule has 1 atom stereocenters. The van der Waals surface area contributed by atoms with Crippen molar-refractivity contribution in [2.75, 3.05) is 7.05 Å². The van der Waals surface area contributed by atoms with Crippen LogP contribution in [0, 0.1) is 0 Å². The molecular weight excluding hydrogens is 282 g/mol. The van der Waals surface area contributed by atoms with Crippen LogP contribution in [-0.2, 0) is 13.1 Å². The first kappa shape index (κ1) is 16.2. The molecule has 0 aliphatic rings. The first-order valence-electron chi connectivity index (χ1n) is 7.28. The van der Waals surface area contributed by atoms with Crippen LogP contribution in [0.4, 0.5) is 0 Å². The Labute approximate surface area is 131 Å². The fraction of sp³-hybridized carbons (Fsp3) is 0.562. The van der Waals surface area contributed by atoms with E-state index in [9.17, 15) is 0 Å². The van der Waals surface area contributed by atoms with Crippen LogP contribution in [0.15, 0.2) is 28.1 Å². The molecule has 1 unspecified atom stereocenters. The van der Waals surface area contributed by atoms with E-state index in [-0.39, 0.29) is 5.54 Å². The summed E-state index contributed by atoms with van der Waals surface area (Å²) >= 11 is 1.79. The second-order valence-electron chi connectivity index (χ2n) is 6.49. The Hall–Kier alpha value is -1.17. The number of hydrogen-bond donors (Lipinski definition) is 1. The van der Waals surface area contributed by atoms with Gasteiger partial charge in [0.15, 0.2) is 5.76 Å². The summed E-state index contributed by atoms with van der Waals surface area (Å²) in [4.78, 5) is 3.64. The summed E-state index contributed by atoms with van der Waals surface area (Å²) < 4.78 is 5.44. The SMILES string of the molecule is CC(c1cccs1)N(C)Cc1cc(CNC(C)(C)C)no1. The van der Waals surface area contributed by atoms with Crippen LogP contribution in [0.2, 0.25) is 0 Å². The van der Waals surface area contributed by atoms with E-state index in [2.05, 4.69) is 67.6 Å². The highest BCUT2D eigenvalue weighted by molar-refractivity contribution is 7.10. The van der Waals surface area contributed by atoms with Crippen LogP contribution in [-0.4, -0.2) is 22.6 Å². The lowest BCUT2D eigenvalue weighted by atomic mass is 10.1. The minimum absolute atomic E-state index is 0.0869. The Bertz CT molecular complexity index is 542. The topological polar surface area (TPSA) is 41.3 Å². The van der Waals surface area contributed by atoms with Crippen LogP contribution in [0.25, 0.3) is 0 Å². The highest BCUT2D eigenvalue weighted by Crippen LogP contribution is 2.24. The Morgan fingerprint density at radius 2 is 2.19 bits per heavy atom. The first-order chi connectivity index (χ1) is 9.85. The van der Waals surface area contributed by atoms with Crippen molar-refractivity contribution in [3.05, 3.63) is 39.9 Å². The van der Waals surface area contributed by atoms with Gasteiger partial charge >= 0.3 is 0 Å². The molecule has 0 amide bonds. The minimum Gasteiger partial charge on any atom is -0.360 e. The van der Waals surface area contributed by atoms with Crippen molar-refractivity contribution in [3.8, 4) is 0 Å². The van der Waals surface area contributed by atoms with Crippen LogP contribution in [0.5, 0.6) is 0 Å². The van der Waals surface area contributed by atoms with E-state index in [4.69, 9.17) is 4.52 Å². The van der Waals surface area contributed by atoms with Gasteiger partial charge in [-0.3, -0.25) is 4.90 Å². The quantitative estimate of drug-likeness (QED) is 0.881. The molecule has 2 heterocycles. The van der Waals surface area contributed by atoms with Gasteiger partial charge in [0.05, 0.1) is 12.2 Å². The summed E-state index contributed by atoms with van der Waals surface area (Å²) in [6.45, 7) is 10.1. The predicted octanol–water partition coefficient (Wildman–Crippen LogP) is 3.82. The maximum Gasteiger partial charge on any atom is 0.151 e. The van der Waals surface area contributed by atoms with Crippen molar-refractivity contribution >= 4 is 11.3 Å². The van der Waals surface area contributed by atoms with Gasteiger partial charge in [-0.15, -0.1) is 11.3 Å². The van der Waals surface area contributed by atoms with Crippen LogP contribution >= 0.6 is 11.3 Å². The Balaban J connectivity index is 1.90. The molecule has 2 rings (SSSR count). The van der Waals surface area contributed by atoms with E-state index < -0.39 is 0 Å². The largest absolute Gasteiger partial charge is 0.360 e. The molecule has 5 heteroatoms. The van der Waals surface area contributed by atoms with Crippen molar-refractivity contribution in [2.24, 2.45) is 0 Å². The average molecular weight is 307 g/mol. The van der Waals surface area contributed by atoms with Crippen LogP contribution in [0.1, 0.15) is 50.1 Å². The van der Waals surface area contributed by atoms with Gasteiger partial charge < -0.3 is 9.84 Å². The molecule has 0 saturated carbocycles. The van der Waals surface area contributed by atoms with Gasteiger partial charge in [-0.25, -0.2) is 0 Å². The maximum atomic E-state index is 5.44. The van der Waals surface area contributed by atoms with E-state index in [1.165, 1.54) is 4.88 Å². The van der Waals surface area contributed by atoms with Gasteiger partial charge in [0, 0.05) is 29.1 Å². The highest BCUT2D eigenvalue weighted by Gasteiger charge is 2.16. The second-order valence-corrected chi connectivity index (χ2v) is 7.47. The third-order valence-electron chi connectivity index (χ3n) is 3.43. The Morgan fingerprint density at radius 1 is 1.43 bits per heavy atom. The lowest BCUT2D eigenvalue weighted by molar-refractivity contribution is 0.223. The molecule has 0 fully saturated rings. The number of hydrogen-bond acceptors (Lipinski definition) is 5. The van der Waals surface area contributed by atoms with Crippen molar-refractivity contribution in [1.82, 2.24) is 15.4 Å². The molecule has 116 valence electrons. The second kappa shape index (κ2) is 6.73. The van der Waals surface area contributed by atoms with Gasteiger partial charge in [-0.2, -0.15) is 0 Å². The molecule has 0 radical (unpaired) electrons. The van der Waals surface area contributed by atoms with Gasteiger partial charge in [0.25, 0.3) is 0 Å². The molecule has 2 aromatic rings. The van der Waals surface area contributed by atoms with E-state index in [0.717, 1.165) is 24.5 Å². The number of rotatable bonds is 6.